The van der Waals surface area contributed by atoms with Gasteiger partial charge in [-0.2, -0.15) is 4.99 Å². The number of amides is 2. The molecule has 0 aromatic heterocycles. The molecule has 0 saturated heterocycles. The Balaban J connectivity index is 2.29. The lowest BCUT2D eigenvalue weighted by Crippen LogP contribution is -2.19. The van der Waals surface area contributed by atoms with Gasteiger partial charge in [0.15, 0.2) is 0 Å². The number of nitrogens with zero attached hydrogens (tertiary/aromatic N) is 1. The van der Waals surface area contributed by atoms with Gasteiger partial charge in [0.25, 0.3) is 0 Å². The molecule has 0 fully saturated rings. The van der Waals surface area contributed by atoms with E-state index < -0.39 is 0 Å². The highest BCUT2D eigenvalue weighted by molar-refractivity contribution is 6.18. The average Bonchev–Trinajstić information content (AvgIpc) is 2.43. The summed E-state index contributed by atoms with van der Waals surface area (Å²) in [4.78, 5) is 14.5. The topological polar surface area (TPSA) is 50.7 Å². The minimum atomic E-state index is -0.308. The van der Waals surface area contributed by atoms with Crippen LogP contribution in [0.1, 0.15) is 0 Å². The molecule has 2 aliphatic rings. The first kappa shape index (κ1) is 7.24. The van der Waals surface area contributed by atoms with E-state index in [2.05, 4.69) is 10.3 Å². The van der Waals surface area contributed by atoms with Gasteiger partial charge in [-0.1, -0.05) is 0 Å². The average molecular weight is 164 g/mol. The Morgan fingerprint density at radius 2 is 2.50 bits per heavy atom. The van der Waals surface area contributed by atoms with Crippen LogP contribution >= 0.6 is 0 Å². The number of hydrogen-bond donors (Lipinski definition) is 1. The zero-order chi connectivity index (χ0) is 8.55. The Morgan fingerprint density at radius 3 is 3.25 bits per heavy atom. The second-order valence-corrected chi connectivity index (χ2v) is 2.57. The summed E-state index contributed by atoms with van der Waals surface area (Å²) in [5, 5.41) is 2.61. The summed E-state index contributed by atoms with van der Waals surface area (Å²) in [5.74, 6) is 0. The fourth-order valence-corrected chi connectivity index (χ4v) is 1.18. The van der Waals surface area contributed by atoms with Gasteiger partial charge >= 0.3 is 6.03 Å². The highest BCUT2D eigenvalue weighted by Crippen LogP contribution is 2.13. The zero-order valence-electron chi connectivity index (χ0n) is 6.57. The normalized spacial score (nSPS) is 26.1. The number of aliphatic imine (C=N–C) groups is 1. The molecule has 0 spiro atoms. The SMILES string of the molecule is COC1C=CC2=NC(=O)NC2=C1. The van der Waals surface area contributed by atoms with Crippen LogP contribution in [0, 0.1) is 0 Å². The largest absolute Gasteiger partial charge is 0.373 e. The number of rotatable bonds is 1. The number of fused-ring (bicyclic) bond motifs is 1. The van der Waals surface area contributed by atoms with E-state index in [4.69, 9.17) is 4.74 Å². The summed E-state index contributed by atoms with van der Waals surface area (Å²) < 4.78 is 5.07. The molecule has 1 aliphatic heterocycles. The van der Waals surface area contributed by atoms with Gasteiger partial charge < -0.3 is 10.1 Å². The van der Waals surface area contributed by atoms with Crippen molar-refractivity contribution in [1.82, 2.24) is 5.32 Å². The third kappa shape index (κ3) is 1.06. The zero-order valence-corrected chi connectivity index (χ0v) is 6.57. The first-order valence-electron chi connectivity index (χ1n) is 3.62. The molecule has 0 bridgehead atoms. The Morgan fingerprint density at radius 1 is 1.67 bits per heavy atom. The van der Waals surface area contributed by atoms with E-state index in [0.717, 1.165) is 5.70 Å². The summed E-state index contributed by atoms with van der Waals surface area (Å²) in [6, 6.07) is -0.308. The van der Waals surface area contributed by atoms with Crippen LogP contribution < -0.4 is 5.32 Å². The van der Waals surface area contributed by atoms with Crippen LogP contribution in [0.3, 0.4) is 0 Å². The van der Waals surface area contributed by atoms with Crippen molar-refractivity contribution >= 4 is 11.7 Å². The van der Waals surface area contributed by atoms with Gasteiger partial charge in [-0.15, -0.1) is 0 Å². The van der Waals surface area contributed by atoms with Crippen molar-refractivity contribution in [3.8, 4) is 0 Å². The fourth-order valence-electron chi connectivity index (χ4n) is 1.18. The van der Waals surface area contributed by atoms with Gasteiger partial charge in [-0.25, -0.2) is 4.79 Å². The van der Waals surface area contributed by atoms with Crippen LogP contribution in [0.15, 0.2) is 28.9 Å². The summed E-state index contributed by atoms with van der Waals surface area (Å²) in [6.45, 7) is 0. The molecule has 12 heavy (non-hydrogen) atoms. The van der Waals surface area contributed by atoms with Crippen molar-refractivity contribution in [3.63, 3.8) is 0 Å². The first-order chi connectivity index (χ1) is 5.79. The number of nitrogens with one attached hydrogen (secondary N) is 1. The van der Waals surface area contributed by atoms with Gasteiger partial charge in [0, 0.05) is 7.11 Å². The lowest BCUT2D eigenvalue weighted by atomic mass is 10.1. The van der Waals surface area contributed by atoms with Gasteiger partial charge in [0.1, 0.15) is 0 Å². The number of methoxy groups -OCH3 is 1. The molecule has 1 N–H and O–H groups in total. The van der Waals surface area contributed by atoms with Crippen LogP contribution in [-0.4, -0.2) is 25.0 Å². The lowest BCUT2D eigenvalue weighted by molar-refractivity contribution is 0.176. The second kappa shape index (κ2) is 2.57. The number of urea groups is 1. The van der Waals surface area contributed by atoms with Gasteiger partial charge in [-0.05, 0) is 18.2 Å². The molecule has 0 aromatic carbocycles. The van der Waals surface area contributed by atoms with Crippen LogP contribution in [0.25, 0.3) is 0 Å². The van der Waals surface area contributed by atoms with E-state index in [1.807, 2.05) is 12.2 Å². The molecule has 2 amide bonds. The van der Waals surface area contributed by atoms with Crippen LogP contribution in [0.4, 0.5) is 4.79 Å². The molecule has 1 aliphatic carbocycles. The number of carbonyl (C=O) groups excluding carboxylic acids is 1. The monoisotopic (exact) mass is 164 g/mol. The minimum absolute atomic E-state index is 0.0580. The lowest BCUT2D eigenvalue weighted by Gasteiger charge is -2.11. The quantitative estimate of drug-likeness (QED) is 0.617. The van der Waals surface area contributed by atoms with Crippen LogP contribution in [-0.2, 0) is 4.74 Å². The molecule has 2 rings (SSSR count). The maximum absolute atomic E-state index is 10.8. The number of ether oxygens (including phenoxy) is 1. The highest BCUT2D eigenvalue weighted by atomic mass is 16.5. The van der Waals surface area contributed by atoms with E-state index in [0.29, 0.717) is 5.71 Å². The van der Waals surface area contributed by atoms with E-state index in [1.54, 1.807) is 13.2 Å². The molecule has 0 aromatic rings. The molecule has 0 saturated carbocycles. The highest BCUT2D eigenvalue weighted by Gasteiger charge is 2.21. The van der Waals surface area contributed by atoms with E-state index >= 15 is 0 Å². The summed E-state index contributed by atoms with van der Waals surface area (Å²) in [6.07, 6.45) is 5.39. The van der Waals surface area contributed by atoms with Crippen molar-refractivity contribution in [2.75, 3.05) is 7.11 Å². The minimum Gasteiger partial charge on any atom is -0.373 e. The summed E-state index contributed by atoms with van der Waals surface area (Å²) in [7, 11) is 1.62. The van der Waals surface area contributed by atoms with Crippen molar-refractivity contribution in [2.24, 2.45) is 4.99 Å². The van der Waals surface area contributed by atoms with E-state index in [1.165, 1.54) is 0 Å². The molecular formula is C8H8N2O2. The Bertz CT molecular complexity index is 315. The summed E-state index contributed by atoms with van der Waals surface area (Å²) in [5.41, 5.74) is 1.43. The second-order valence-electron chi connectivity index (χ2n) is 2.57. The molecule has 0 radical (unpaired) electrons. The van der Waals surface area contributed by atoms with Gasteiger partial charge in [-0.3, -0.25) is 0 Å². The molecule has 4 nitrogen and oxygen atoms in total. The van der Waals surface area contributed by atoms with E-state index in [9.17, 15) is 4.79 Å². The molecular weight excluding hydrogens is 156 g/mol. The standard InChI is InChI=1S/C8H8N2O2/c1-12-5-2-3-6-7(4-5)10-8(11)9-6/h2-5H,1H3,(H,10,11). The molecule has 1 heterocycles. The molecule has 62 valence electrons. The first-order valence-corrected chi connectivity index (χ1v) is 3.62. The van der Waals surface area contributed by atoms with Crippen molar-refractivity contribution in [3.05, 3.63) is 23.9 Å². The maximum atomic E-state index is 10.8. The predicted octanol–water partition coefficient (Wildman–Crippen LogP) is 0.619. The fraction of sp³-hybridized carbons (Fsp3) is 0.250. The van der Waals surface area contributed by atoms with Crippen molar-refractivity contribution < 1.29 is 9.53 Å². The third-order valence-corrected chi connectivity index (χ3v) is 1.79. The summed E-state index contributed by atoms with van der Waals surface area (Å²) >= 11 is 0. The van der Waals surface area contributed by atoms with Crippen molar-refractivity contribution in [2.45, 2.75) is 6.10 Å². The van der Waals surface area contributed by atoms with Crippen LogP contribution in [0.2, 0.25) is 0 Å². The Labute approximate surface area is 69.6 Å². The number of carbonyl (C=O) groups is 1. The number of hydrogen-bond acceptors (Lipinski definition) is 2. The maximum Gasteiger partial charge on any atom is 0.346 e. The van der Waals surface area contributed by atoms with Gasteiger partial charge in [0.2, 0.25) is 0 Å². The smallest absolute Gasteiger partial charge is 0.346 e. The Hall–Kier alpha value is -1.42. The van der Waals surface area contributed by atoms with Crippen LogP contribution in [0.5, 0.6) is 0 Å². The van der Waals surface area contributed by atoms with E-state index in [-0.39, 0.29) is 12.1 Å². The molecule has 4 heteroatoms. The number of allylic oxidation sites excluding steroid dienone is 1. The predicted molar refractivity (Wildman–Crippen MR) is 44.0 cm³/mol. The van der Waals surface area contributed by atoms with Gasteiger partial charge in [0.05, 0.1) is 17.5 Å². The molecule has 1 unspecified atom stereocenters. The Kier molecular flexibility index (Phi) is 1.55. The third-order valence-electron chi connectivity index (χ3n) is 1.79. The van der Waals surface area contributed by atoms with Crippen molar-refractivity contribution in [1.29, 1.82) is 0 Å². The molecule has 1 atom stereocenters.